The second-order valence-corrected chi connectivity index (χ2v) is 5.20. The molecular formula is C13H20F3N3. The molecule has 1 N–H and O–H groups in total. The number of aromatic nitrogens is 2. The van der Waals surface area contributed by atoms with Gasteiger partial charge in [-0.3, -0.25) is 0 Å². The summed E-state index contributed by atoms with van der Waals surface area (Å²) >= 11 is 0. The van der Waals surface area contributed by atoms with Gasteiger partial charge in [0, 0.05) is 38.4 Å². The van der Waals surface area contributed by atoms with Crippen molar-refractivity contribution in [1.29, 1.82) is 0 Å². The molecule has 1 aromatic heterocycles. The molecule has 0 amide bonds. The standard InChI is InChI=1S/C13H20F3N3/c1-19-9-8-18-12(19)6-7-17-11-5-3-2-4-10(11)13(14,15)16/h8-11,17H,2-7H2,1H3. The van der Waals surface area contributed by atoms with Crippen LogP contribution in [-0.4, -0.2) is 28.3 Å². The van der Waals surface area contributed by atoms with E-state index in [4.69, 9.17) is 0 Å². The van der Waals surface area contributed by atoms with Gasteiger partial charge in [-0.15, -0.1) is 0 Å². The van der Waals surface area contributed by atoms with Crippen LogP contribution in [0.25, 0.3) is 0 Å². The smallest absolute Gasteiger partial charge is 0.338 e. The summed E-state index contributed by atoms with van der Waals surface area (Å²) in [5.74, 6) is -0.297. The van der Waals surface area contributed by atoms with Gasteiger partial charge in [-0.25, -0.2) is 4.98 Å². The molecule has 19 heavy (non-hydrogen) atoms. The summed E-state index contributed by atoms with van der Waals surface area (Å²) in [6.45, 7) is 0.544. The Morgan fingerprint density at radius 2 is 2.11 bits per heavy atom. The lowest BCUT2D eigenvalue weighted by atomic mass is 9.84. The van der Waals surface area contributed by atoms with Crippen LogP contribution < -0.4 is 5.32 Å². The van der Waals surface area contributed by atoms with Gasteiger partial charge in [0.25, 0.3) is 0 Å². The van der Waals surface area contributed by atoms with E-state index in [-0.39, 0.29) is 6.42 Å². The highest BCUT2D eigenvalue weighted by atomic mass is 19.4. The van der Waals surface area contributed by atoms with Gasteiger partial charge in [0.05, 0.1) is 5.92 Å². The normalized spacial score (nSPS) is 24.6. The van der Waals surface area contributed by atoms with Crippen molar-refractivity contribution in [2.45, 2.75) is 44.3 Å². The number of alkyl halides is 3. The molecule has 1 aliphatic rings. The third kappa shape index (κ3) is 3.72. The van der Waals surface area contributed by atoms with Crippen molar-refractivity contribution < 1.29 is 13.2 Å². The molecule has 1 aliphatic carbocycles. The molecule has 2 rings (SSSR count). The molecule has 0 radical (unpaired) electrons. The first-order chi connectivity index (χ1) is 8.98. The fraction of sp³-hybridized carbons (Fsp3) is 0.769. The first-order valence-electron chi connectivity index (χ1n) is 6.75. The van der Waals surface area contributed by atoms with Crippen LogP contribution >= 0.6 is 0 Å². The molecule has 0 aromatic carbocycles. The monoisotopic (exact) mass is 275 g/mol. The molecule has 2 atom stereocenters. The summed E-state index contributed by atoms with van der Waals surface area (Å²) in [6, 6.07) is -0.436. The van der Waals surface area contributed by atoms with Crippen molar-refractivity contribution in [2.24, 2.45) is 13.0 Å². The molecule has 0 saturated heterocycles. The van der Waals surface area contributed by atoms with Crippen molar-refractivity contribution in [3.63, 3.8) is 0 Å². The molecule has 0 bridgehead atoms. The molecule has 108 valence electrons. The summed E-state index contributed by atoms with van der Waals surface area (Å²) in [5, 5.41) is 3.07. The fourth-order valence-corrected chi connectivity index (χ4v) is 2.77. The predicted octanol–water partition coefficient (Wildman–Crippen LogP) is 2.67. The number of nitrogens with zero attached hydrogens (tertiary/aromatic N) is 2. The van der Waals surface area contributed by atoms with Crippen LogP contribution in [-0.2, 0) is 13.5 Å². The minimum Gasteiger partial charge on any atom is -0.338 e. The maximum absolute atomic E-state index is 12.9. The van der Waals surface area contributed by atoms with Crippen molar-refractivity contribution >= 4 is 0 Å². The van der Waals surface area contributed by atoms with Crippen LogP contribution in [0.5, 0.6) is 0 Å². The van der Waals surface area contributed by atoms with Crippen LogP contribution in [0.15, 0.2) is 12.4 Å². The summed E-state index contributed by atoms with van der Waals surface area (Å²) in [6.07, 6.45) is 2.55. The van der Waals surface area contributed by atoms with Gasteiger partial charge < -0.3 is 9.88 Å². The quantitative estimate of drug-likeness (QED) is 0.915. The van der Waals surface area contributed by atoms with Crippen LogP contribution in [0.4, 0.5) is 13.2 Å². The number of aryl methyl sites for hydroxylation is 1. The summed E-state index contributed by atoms with van der Waals surface area (Å²) in [4.78, 5) is 4.17. The zero-order valence-electron chi connectivity index (χ0n) is 11.1. The van der Waals surface area contributed by atoms with E-state index in [1.54, 1.807) is 6.20 Å². The van der Waals surface area contributed by atoms with Gasteiger partial charge in [-0.1, -0.05) is 12.8 Å². The summed E-state index contributed by atoms with van der Waals surface area (Å²) in [7, 11) is 1.89. The Hall–Kier alpha value is -1.04. The number of hydrogen-bond acceptors (Lipinski definition) is 2. The molecular weight excluding hydrogens is 255 g/mol. The van der Waals surface area contributed by atoms with Gasteiger partial charge in [-0.2, -0.15) is 13.2 Å². The van der Waals surface area contributed by atoms with Crippen molar-refractivity contribution in [2.75, 3.05) is 6.54 Å². The van der Waals surface area contributed by atoms with E-state index in [1.807, 2.05) is 17.8 Å². The Morgan fingerprint density at radius 3 is 2.74 bits per heavy atom. The van der Waals surface area contributed by atoms with Crippen molar-refractivity contribution in [1.82, 2.24) is 14.9 Å². The third-order valence-electron chi connectivity index (χ3n) is 3.86. The Kier molecular flexibility index (Phi) is 4.50. The van der Waals surface area contributed by atoms with Gasteiger partial charge in [0.15, 0.2) is 0 Å². The number of nitrogens with one attached hydrogen (secondary N) is 1. The third-order valence-corrected chi connectivity index (χ3v) is 3.86. The Labute approximate surface area is 111 Å². The van der Waals surface area contributed by atoms with Crippen LogP contribution in [0.3, 0.4) is 0 Å². The Morgan fingerprint density at radius 1 is 1.37 bits per heavy atom. The lowest BCUT2D eigenvalue weighted by Crippen LogP contribution is -2.46. The van der Waals surface area contributed by atoms with Gasteiger partial charge in [0.1, 0.15) is 5.82 Å². The lowest BCUT2D eigenvalue weighted by Gasteiger charge is -2.33. The molecule has 1 heterocycles. The van der Waals surface area contributed by atoms with Gasteiger partial charge in [0.2, 0.25) is 0 Å². The average Bonchev–Trinajstić information content (AvgIpc) is 2.75. The Bertz CT molecular complexity index is 400. The van der Waals surface area contributed by atoms with Gasteiger partial charge >= 0.3 is 6.18 Å². The zero-order valence-corrected chi connectivity index (χ0v) is 11.1. The number of hydrogen-bond donors (Lipinski definition) is 1. The van der Waals surface area contributed by atoms with E-state index in [1.165, 1.54) is 0 Å². The maximum Gasteiger partial charge on any atom is 0.393 e. The lowest BCUT2D eigenvalue weighted by molar-refractivity contribution is -0.188. The minimum absolute atomic E-state index is 0.254. The molecule has 6 heteroatoms. The van der Waals surface area contributed by atoms with Crippen molar-refractivity contribution in [3.05, 3.63) is 18.2 Å². The first-order valence-corrected chi connectivity index (χ1v) is 6.75. The van der Waals surface area contributed by atoms with E-state index in [0.29, 0.717) is 25.8 Å². The highest BCUT2D eigenvalue weighted by Crippen LogP contribution is 2.37. The first kappa shape index (κ1) is 14.4. The second-order valence-electron chi connectivity index (χ2n) is 5.20. The zero-order chi connectivity index (χ0) is 13.9. The SMILES string of the molecule is Cn1ccnc1CCNC1CCCCC1C(F)(F)F. The second kappa shape index (κ2) is 5.94. The molecule has 1 aromatic rings. The van der Waals surface area contributed by atoms with E-state index >= 15 is 0 Å². The van der Waals surface area contributed by atoms with E-state index < -0.39 is 18.1 Å². The molecule has 3 nitrogen and oxygen atoms in total. The molecule has 2 unspecified atom stereocenters. The molecule has 0 spiro atoms. The van der Waals surface area contributed by atoms with Crippen LogP contribution in [0.2, 0.25) is 0 Å². The summed E-state index contributed by atoms with van der Waals surface area (Å²) < 4.78 is 40.6. The molecule has 1 fully saturated rings. The minimum atomic E-state index is -4.08. The van der Waals surface area contributed by atoms with Gasteiger partial charge in [-0.05, 0) is 12.8 Å². The highest BCUT2D eigenvalue weighted by molar-refractivity contribution is 4.93. The topological polar surface area (TPSA) is 29.9 Å². The van der Waals surface area contributed by atoms with E-state index in [2.05, 4.69) is 10.3 Å². The Balaban J connectivity index is 1.85. The summed E-state index contributed by atoms with van der Waals surface area (Å²) in [5.41, 5.74) is 0. The number of halogens is 3. The predicted molar refractivity (Wildman–Crippen MR) is 66.7 cm³/mol. The maximum atomic E-state index is 12.9. The van der Waals surface area contributed by atoms with E-state index in [9.17, 15) is 13.2 Å². The molecule has 1 saturated carbocycles. The number of rotatable bonds is 4. The molecule has 0 aliphatic heterocycles. The van der Waals surface area contributed by atoms with E-state index in [0.717, 1.165) is 12.2 Å². The number of imidazole rings is 1. The largest absolute Gasteiger partial charge is 0.393 e. The van der Waals surface area contributed by atoms with Crippen molar-refractivity contribution in [3.8, 4) is 0 Å². The average molecular weight is 275 g/mol. The van der Waals surface area contributed by atoms with Crippen LogP contribution in [0.1, 0.15) is 31.5 Å². The fourth-order valence-electron chi connectivity index (χ4n) is 2.77. The van der Waals surface area contributed by atoms with Crippen LogP contribution in [0, 0.1) is 5.92 Å². The highest BCUT2D eigenvalue weighted by Gasteiger charge is 2.45.